The number of carbonyl (C=O) groups excluding carboxylic acids is 1. The summed E-state index contributed by atoms with van der Waals surface area (Å²) in [4.78, 5) is 12.9. The van der Waals surface area contributed by atoms with Crippen LogP contribution in [0.2, 0.25) is 10.0 Å². The summed E-state index contributed by atoms with van der Waals surface area (Å²) >= 11 is 12.8. The van der Waals surface area contributed by atoms with E-state index in [1.165, 1.54) is 0 Å². The number of ether oxygens (including phenoxy) is 2. The quantitative estimate of drug-likeness (QED) is 0.727. The van der Waals surface area contributed by atoms with Gasteiger partial charge in [0.2, 0.25) is 5.88 Å². The maximum absolute atomic E-state index is 12.9. The van der Waals surface area contributed by atoms with Crippen molar-refractivity contribution in [3.63, 3.8) is 0 Å². The van der Waals surface area contributed by atoms with Crippen LogP contribution < -0.4 is 5.73 Å². The topological polar surface area (TPSA) is 85.3 Å². The number of esters is 1. The molecule has 28 heavy (non-hydrogen) atoms. The molecule has 0 bridgehead atoms. The molecule has 1 aliphatic rings. The normalized spacial score (nSPS) is 16.4. The largest absolute Gasteiger partial charge is 0.463 e. The Kier molecular flexibility index (Phi) is 5.93. The van der Waals surface area contributed by atoms with Crippen molar-refractivity contribution in [2.24, 2.45) is 5.73 Å². The summed E-state index contributed by atoms with van der Waals surface area (Å²) in [6.45, 7) is 1.84. The van der Waals surface area contributed by atoms with E-state index in [0.717, 1.165) is 0 Å². The second kappa shape index (κ2) is 8.39. The van der Waals surface area contributed by atoms with Gasteiger partial charge in [0.1, 0.15) is 17.4 Å². The van der Waals surface area contributed by atoms with Crippen LogP contribution in [0.25, 0.3) is 5.76 Å². The van der Waals surface area contributed by atoms with Crippen LogP contribution in [0.4, 0.5) is 0 Å². The van der Waals surface area contributed by atoms with E-state index >= 15 is 0 Å². The molecule has 142 valence electrons. The van der Waals surface area contributed by atoms with E-state index in [-0.39, 0.29) is 29.4 Å². The molecule has 5 nitrogen and oxygen atoms in total. The van der Waals surface area contributed by atoms with E-state index in [0.29, 0.717) is 21.2 Å². The third-order valence-corrected chi connectivity index (χ3v) is 4.90. The lowest BCUT2D eigenvalue weighted by molar-refractivity contribution is -0.138. The SMILES string of the molecule is CCOC(=O)C1=C(c2ccccc2)OC(N)=C(C#N)[C@H]1c1c(Cl)cccc1Cl. The van der Waals surface area contributed by atoms with Gasteiger partial charge < -0.3 is 15.2 Å². The molecule has 7 heteroatoms. The second-order valence-corrected chi connectivity index (χ2v) is 6.70. The molecule has 1 aliphatic heterocycles. The molecule has 2 N–H and O–H groups in total. The molecule has 0 aromatic heterocycles. The van der Waals surface area contributed by atoms with Gasteiger partial charge in [0.15, 0.2) is 0 Å². The summed E-state index contributed by atoms with van der Waals surface area (Å²) in [6.07, 6.45) is 0. The molecule has 2 aromatic carbocycles. The zero-order valence-corrected chi connectivity index (χ0v) is 16.4. The van der Waals surface area contributed by atoms with Crippen molar-refractivity contribution in [1.82, 2.24) is 0 Å². The number of nitriles is 1. The van der Waals surface area contributed by atoms with E-state index in [9.17, 15) is 10.1 Å². The standard InChI is InChI=1S/C21H16Cl2N2O3/c1-2-27-21(26)18-16(17-14(22)9-6-10-15(17)23)13(11-24)20(25)28-19(18)12-7-4-3-5-8-12/h3-10,16H,2,25H2,1H3/t16-/m0/s1. The molecule has 0 unspecified atom stereocenters. The second-order valence-electron chi connectivity index (χ2n) is 5.89. The molecule has 0 saturated heterocycles. The number of carbonyl (C=O) groups is 1. The summed E-state index contributed by atoms with van der Waals surface area (Å²) in [5.41, 5.74) is 7.21. The summed E-state index contributed by atoms with van der Waals surface area (Å²) < 4.78 is 11.0. The lowest BCUT2D eigenvalue weighted by atomic mass is 9.82. The molecule has 0 spiro atoms. The van der Waals surface area contributed by atoms with Crippen molar-refractivity contribution >= 4 is 34.9 Å². The third-order valence-electron chi connectivity index (χ3n) is 4.24. The van der Waals surface area contributed by atoms with Crippen LogP contribution >= 0.6 is 23.2 Å². The van der Waals surface area contributed by atoms with Gasteiger partial charge in [-0.3, -0.25) is 0 Å². The average Bonchev–Trinajstić information content (AvgIpc) is 2.68. The maximum atomic E-state index is 12.9. The Morgan fingerprint density at radius 2 is 1.82 bits per heavy atom. The Morgan fingerprint density at radius 3 is 2.39 bits per heavy atom. The highest BCUT2D eigenvalue weighted by atomic mass is 35.5. The number of benzene rings is 2. The first kappa shape index (κ1) is 19.8. The predicted molar refractivity (Wildman–Crippen MR) is 107 cm³/mol. The fraction of sp³-hybridized carbons (Fsp3) is 0.143. The molecule has 0 radical (unpaired) electrons. The van der Waals surface area contributed by atoms with E-state index < -0.39 is 11.9 Å². The van der Waals surface area contributed by atoms with Gasteiger partial charge in [0.05, 0.1) is 18.1 Å². The number of nitrogens with two attached hydrogens (primary N) is 1. The van der Waals surface area contributed by atoms with Crippen LogP contribution in [0.15, 0.2) is 65.6 Å². The number of rotatable bonds is 4. The third kappa shape index (κ3) is 3.57. The molecule has 0 saturated carbocycles. The Bertz CT molecular complexity index is 1000. The van der Waals surface area contributed by atoms with Gasteiger partial charge in [0, 0.05) is 21.2 Å². The Morgan fingerprint density at radius 1 is 1.18 bits per heavy atom. The molecule has 1 heterocycles. The van der Waals surface area contributed by atoms with Gasteiger partial charge in [-0.15, -0.1) is 0 Å². The zero-order valence-electron chi connectivity index (χ0n) is 14.9. The van der Waals surface area contributed by atoms with Crippen molar-refractivity contribution in [3.05, 3.63) is 86.7 Å². The number of allylic oxidation sites excluding steroid dienone is 1. The lowest BCUT2D eigenvalue weighted by Gasteiger charge is -2.29. The summed E-state index contributed by atoms with van der Waals surface area (Å²) in [5.74, 6) is -1.47. The summed E-state index contributed by atoms with van der Waals surface area (Å²) in [5, 5.41) is 10.3. The number of hydrogen-bond acceptors (Lipinski definition) is 5. The highest BCUT2D eigenvalue weighted by Crippen LogP contribution is 2.46. The molecule has 3 rings (SSSR count). The highest BCUT2D eigenvalue weighted by molar-refractivity contribution is 6.36. The smallest absolute Gasteiger partial charge is 0.338 e. The van der Waals surface area contributed by atoms with Crippen LogP contribution in [0.3, 0.4) is 0 Å². The fourth-order valence-electron chi connectivity index (χ4n) is 3.06. The molecular formula is C21H16Cl2N2O3. The Balaban J connectivity index is 2.35. The molecule has 2 aromatic rings. The minimum atomic E-state index is -0.922. The van der Waals surface area contributed by atoms with Crippen molar-refractivity contribution in [3.8, 4) is 6.07 Å². The summed E-state index contributed by atoms with van der Waals surface area (Å²) in [7, 11) is 0. The van der Waals surface area contributed by atoms with Gasteiger partial charge in [-0.2, -0.15) is 5.26 Å². The van der Waals surface area contributed by atoms with Crippen LogP contribution in [0.5, 0.6) is 0 Å². The Hall–Kier alpha value is -2.94. The van der Waals surface area contributed by atoms with Crippen molar-refractivity contribution < 1.29 is 14.3 Å². The van der Waals surface area contributed by atoms with Crippen molar-refractivity contribution in [1.29, 1.82) is 5.26 Å². The van der Waals surface area contributed by atoms with Crippen LogP contribution in [-0.4, -0.2) is 12.6 Å². The van der Waals surface area contributed by atoms with Gasteiger partial charge in [-0.05, 0) is 19.1 Å². The fourth-order valence-corrected chi connectivity index (χ4v) is 3.67. The number of halogens is 2. The molecule has 1 atom stereocenters. The summed E-state index contributed by atoms with van der Waals surface area (Å²) in [6, 6.07) is 15.9. The molecular weight excluding hydrogens is 399 g/mol. The molecule has 0 aliphatic carbocycles. The predicted octanol–water partition coefficient (Wildman–Crippen LogP) is 4.78. The van der Waals surface area contributed by atoms with Crippen LogP contribution in [0.1, 0.15) is 24.0 Å². The average molecular weight is 415 g/mol. The first-order valence-corrected chi connectivity index (χ1v) is 9.23. The van der Waals surface area contributed by atoms with E-state index in [1.807, 2.05) is 12.1 Å². The van der Waals surface area contributed by atoms with Gasteiger partial charge in [-0.1, -0.05) is 59.6 Å². The van der Waals surface area contributed by atoms with E-state index in [2.05, 4.69) is 0 Å². The van der Waals surface area contributed by atoms with Crippen LogP contribution in [0, 0.1) is 11.3 Å². The van der Waals surface area contributed by atoms with Crippen LogP contribution in [-0.2, 0) is 14.3 Å². The van der Waals surface area contributed by atoms with Crippen molar-refractivity contribution in [2.45, 2.75) is 12.8 Å². The van der Waals surface area contributed by atoms with Gasteiger partial charge >= 0.3 is 5.97 Å². The maximum Gasteiger partial charge on any atom is 0.338 e. The number of nitrogens with zero attached hydrogens (tertiary/aromatic N) is 1. The molecule has 0 fully saturated rings. The highest BCUT2D eigenvalue weighted by Gasteiger charge is 2.40. The monoisotopic (exact) mass is 414 g/mol. The van der Waals surface area contributed by atoms with Gasteiger partial charge in [-0.25, -0.2) is 4.79 Å². The van der Waals surface area contributed by atoms with Crippen molar-refractivity contribution in [2.75, 3.05) is 6.61 Å². The Labute approximate surface area is 172 Å². The minimum absolute atomic E-state index is 0.0396. The van der Waals surface area contributed by atoms with E-state index in [4.69, 9.17) is 38.4 Å². The minimum Gasteiger partial charge on any atom is -0.463 e. The first-order valence-electron chi connectivity index (χ1n) is 8.47. The zero-order chi connectivity index (χ0) is 20.3. The first-order chi connectivity index (χ1) is 13.5. The lowest BCUT2D eigenvalue weighted by Crippen LogP contribution is -2.26. The molecule has 0 amide bonds. The van der Waals surface area contributed by atoms with E-state index in [1.54, 1.807) is 49.4 Å². The van der Waals surface area contributed by atoms with Gasteiger partial charge in [0.25, 0.3) is 0 Å². The number of hydrogen-bond donors (Lipinski definition) is 1.